The molecule has 0 radical (unpaired) electrons. The monoisotopic (exact) mass is 269 g/mol. The maximum atomic E-state index is 12.0. The van der Waals surface area contributed by atoms with Gasteiger partial charge in [-0.3, -0.25) is 4.79 Å². The average Bonchev–Trinajstić information content (AvgIpc) is 2.77. The Morgan fingerprint density at radius 2 is 2.28 bits per heavy atom. The molecule has 1 amide bonds. The summed E-state index contributed by atoms with van der Waals surface area (Å²) >= 11 is 1.39. The summed E-state index contributed by atoms with van der Waals surface area (Å²) in [5.41, 5.74) is 5.87. The van der Waals surface area contributed by atoms with E-state index in [1.807, 2.05) is 0 Å². The summed E-state index contributed by atoms with van der Waals surface area (Å²) in [6.45, 7) is 0.351. The van der Waals surface area contributed by atoms with Crippen molar-refractivity contribution < 1.29 is 9.90 Å². The fourth-order valence-electron chi connectivity index (χ4n) is 2.21. The highest BCUT2D eigenvalue weighted by Crippen LogP contribution is 2.18. The predicted molar refractivity (Wildman–Crippen MR) is 70.4 cm³/mol. The quantitative estimate of drug-likeness (QED) is 0.715. The Labute approximate surface area is 110 Å². The van der Waals surface area contributed by atoms with Gasteiger partial charge in [-0.15, -0.1) is 11.3 Å². The Balaban J connectivity index is 1.97. The predicted octanol–water partition coefficient (Wildman–Crippen LogP) is 1.03. The van der Waals surface area contributed by atoms with Gasteiger partial charge in [0.2, 0.25) is 0 Å². The van der Waals surface area contributed by atoms with Crippen LogP contribution in [0.25, 0.3) is 0 Å². The Bertz CT molecular complexity index is 408. The van der Waals surface area contributed by atoms with Crippen molar-refractivity contribution in [3.05, 3.63) is 16.1 Å². The van der Waals surface area contributed by atoms with Crippen molar-refractivity contribution in [2.45, 2.75) is 50.8 Å². The number of aliphatic hydroxyl groups is 1. The average molecular weight is 269 g/mol. The molecule has 1 aliphatic rings. The van der Waals surface area contributed by atoms with Crippen LogP contribution in [0.3, 0.4) is 0 Å². The summed E-state index contributed by atoms with van der Waals surface area (Å²) < 4.78 is 0. The van der Waals surface area contributed by atoms with Crippen molar-refractivity contribution in [3.8, 4) is 0 Å². The van der Waals surface area contributed by atoms with E-state index >= 15 is 0 Å². The summed E-state index contributed by atoms with van der Waals surface area (Å²) in [5, 5.41) is 15.3. The zero-order chi connectivity index (χ0) is 13.0. The molecule has 0 aliphatic heterocycles. The molecule has 0 spiro atoms. The molecule has 1 fully saturated rings. The van der Waals surface area contributed by atoms with Gasteiger partial charge in [-0.1, -0.05) is 19.3 Å². The molecule has 0 aromatic carbocycles. The maximum Gasteiger partial charge on any atom is 0.271 e. The molecule has 2 atom stereocenters. The first kappa shape index (κ1) is 13.5. The number of carbonyl (C=O) groups excluding carboxylic acids is 1. The summed E-state index contributed by atoms with van der Waals surface area (Å²) in [6.07, 6.45) is 4.35. The molecule has 4 N–H and O–H groups in total. The van der Waals surface area contributed by atoms with Gasteiger partial charge in [0.15, 0.2) is 0 Å². The molecule has 1 saturated carbocycles. The molecule has 1 aromatic rings. The van der Waals surface area contributed by atoms with E-state index in [0.717, 1.165) is 37.1 Å². The van der Waals surface area contributed by atoms with E-state index < -0.39 is 6.10 Å². The number of nitrogens with one attached hydrogen (secondary N) is 1. The fraction of sp³-hybridized carbons (Fsp3) is 0.667. The van der Waals surface area contributed by atoms with E-state index in [1.54, 1.807) is 5.38 Å². The molecular formula is C12H19N3O2S. The van der Waals surface area contributed by atoms with Crippen LogP contribution in [0.2, 0.25) is 0 Å². The van der Waals surface area contributed by atoms with Gasteiger partial charge >= 0.3 is 0 Å². The number of amides is 1. The molecule has 18 heavy (non-hydrogen) atoms. The highest BCUT2D eigenvalue weighted by Gasteiger charge is 2.24. The van der Waals surface area contributed by atoms with E-state index in [-0.39, 0.29) is 11.9 Å². The first-order chi connectivity index (χ1) is 8.70. The van der Waals surface area contributed by atoms with Crippen LogP contribution < -0.4 is 11.1 Å². The third kappa shape index (κ3) is 3.28. The van der Waals surface area contributed by atoms with E-state index in [9.17, 15) is 9.90 Å². The largest absolute Gasteiger partial charge is 0.391 e. The topological polar surface area (TPSA) is 88.2 Å². The number of aromatic nitrogens is 1. The highest BCUT2D eigenvalue weighted by molar-refractivity contribution is 7.09. The van der Waals surface area contributed by atoms with Gasteiger partial charge in [0, 0.05) is 11.9 Å². The van der Waals surface area contributed by atoms with Crippen LogP contribution in [0.5, 0.6) is 0 Å². The number of nitrogens with two attached hydrogens (primary N) is 1. The van der Waals surface area contributed by atoms with Gasteiger partial charge in [0.1, 0.15) is 10.7 Å². The van der Waals surface area contributed by atoms with Crippen LogP contribution in [-0.4, -0.2) is 28.1 Å². The lowest BCUT2D eigenvalue weighted by Gasteiger charge is -2.21. The molecule has 2 rings (SSSR count). The van der Waals surface area contributed by atoms with E-state index in [2.05, 4.69) is 10.3 Å². The van der Waals surface area contributed by atoms with Gasteiger partial charge in [-0.2, -0.15) is 0 Å². The molecule has 2 unspecified atom stereocenters. The van der Waals surface area contributed by atoms with E-state index in [4.69, 9.17) is 5.73 Å². The number of hydrogen-bond donors (Lipinski definition) is 3. The lowest BCUT2D eigenvalue weighted by Crippen LogP contribution is -2.42. The zero-order valence-corrected chi connectivity index (χ0v) is 11.1. The normalized spacial score (nSPS) is 24.6. The number of thiazole rings is 1. The fourth-order valence-corrected chi connectivity index (χ4v) is 2.86. The lowest BCUT2D eigenvalue weighted by molar-refractivity contribution is 0.0815. The minimum absolute atomic E-state index is 0.150. The second kappa shape index (κ2) is 6.26. The number of carbonyl (C=O) groups is 1. The summed E-state index contributed by atoms with van der Waals surface area (Å²) in [6, 6.07) is -0.150. The summed E-state index contributed by atoms with van der Waals surface area (Å²) in [4.78, 5) is 16.1. The van der Waals surface area contributed by atoms with Crippen LogP contribution in [0.15, 0.2) is 5.38 Å². The summed E-state index contributed by atoms with van der Waals surface area (Å²) in [5.74, 6) is -0.211. The van der Waals surface area contributed by atoms with Gasteiger partial charge in [-0.05, 0) is 12.8 Å². The third-order valence-corrected chi connectivity index (χ3v) is 4.13. The van der Waals surface area contributed by atoms with Gasteiger partial charge < -0.3 is 16.2 Å². The number of aliphatic hydroxyl groups excluding tert-OH is 1. The minimum atomic E-state index is -0.441. The van der Waals surface area contributed by atoms with E-state index in [0.29, 0.717) is 12.2 Å². The van der Waals surface area contributed by atoms with Crippen molar-refractivity contribution in [2.24, 2.45) is 5.73 Å². The van der Waals surface area contributed by atoms with Gasteiger partial charge in [0.25, 0.3) is 5.91 Å². The first-order valence-corrected chi connectivity index (χ1v) is 7.22. The van der Waals surface area contributed by atoms with Crippen molar-refractivity contribution in [1.29, 1.82) is 0 Å². The van der Waals surface area contributed by atoms with Gasteiger partial charge in [0.05, 0.1) is 12.1 Å². The molecule has 0 saturated heterocycles. The minimum Gasteiger partial charge on any atom is -0.391 e. The number of nitrogens with zero attached hydrogens (tertiary/aromatic N) is 1. The van der Waals surface area contributed by atoms with Crippen molar-refractivity contribution in [1.82, 2.24) is 10.3 Å². The number of hydrogen-bond acceptors (Lipinski definition) is 5. The maximum absolute atomic E-state index is 12.0. The smallest absolute Gasteiger partial charge is 0.271 e. The lowest BCUT2D eigenvalue weighted by atomic mass is 10.1. The van der Waals surface area contributed by atoms with Crippen LogP contribution in [0, 0.1) is 0 Å². The van der Waals surface area contributed by atoms with Gasteiger partial charge in [-0.25, -0.2) is 4.98 Å². The molecule has 0 bridgehead atoms. The molecule has 1 aliphatic carbocycles. The van der Waals surface area contributed by atoms with Crippen LogP contribution >= 0.6 is 11.3 Å². The highest BCUT2D eigenvalue weighted by atomic mass is 32.1. The molecule has 100 valence electrons. The van der Waals surface area contributed by atoms with Crippen molar-refractivity contribution >= 4 is 17.2 Å². The Morgan fingerprint density at radius 3 is 3.00 bits per heavy atom. The standard InChI is InChI=1S/C12H19N3O2S/c13-6-11-14-9(7-18-11)12(17)15-8-4-2-1-3-5-10(8)16/h7-8,10,16H,1-6,13H2,(H,15,17). The second-order valence-corrected chi connectivity index (χ2v) is 5.56. The summed E-state index contributed by atoms with van der Waals surface area (Å²) in [7, 11) is 0. The Hall–Kier alpha value is -0.980. The second-order valence-electron chi connectivity index (χ2n) is 4.62. The first-order valence-electron chi connectivity index (χ1n) is 6.34. The Morgan fingerprint density at radius 1 is 1.50 bits per heavy atom. The third-order valence-electron chi connectivity index (χ3n) is 3.25. The van der Waals surface area contributed by atoms with E-state index in [1.165, 1.54) is 11.3 Å². The molecule has 1 aromatic heterocycles. The molecule has 5 nitrogen and oxygen atoms in total. The zero-order valence-electron chi connectivity index (χ0n) is 10.3. The van der Waals surface area contributed by atoms with Crippen molar-refractivity contribution in [2.75, 3.05) is 0 Å². The van der Waals surface area contributed by atoms with Crippen LogP contribution in [-0.2, 0) is 6.54 Å². The van der Waals surface area contributed by atoms with Crippen molar-refractivity contribution in [3.63, 3.8) is 0 Å². The van der Waals surface area contributed by atoms with Crippen LogP contribution in [0.1, 0.15) is 47.6 Å². The molecule has 1 heterocycles. The Kier molecular flexibility index (Phi) is 4.68. The SMILES string of the molecule is NCc1nc(C(=O)NC2CCCCCC2O)cs1. The molecular weight excluding hydrogens is 250 g/mol. The molecule has 6 heteroatoms. The van der Waals surface area contributed by atoms with Crippen LogP contribution in [0.4, 0.5) is 0 Å². The number of rotatable bonds is 3.